The van der Waals surface area contributed by atoms with Gasteiger partial charge in [0.2, 0.25) is 10.0 Å². The second kappa shape index (κ2) is 6.59. The Bertz CT molecular complexity index is 1090. The molecule has 1 amide bonds. The molecule has 0 unspecified atom stereocenters. The molecule has 0 bridgehead atoms. The summed E-state index contributed by atoms with van der Waals surface area (Å²) < 4.78 is 27.2. The minimum Gasteiger partial charge on any atom is -0.324 e. The minimum absolute atomic E-state index is 0.238. The number of anilines is 2. The summed E-state index contributed by atoms with van der Waals surface area (Å²) in [6.07, 6.45) is 5.75. The van der Waals surface area contributed by atoms with Gasteiger partial charge in [-0.15, -0.1) is 0 Å². The van der Waals surface area contributed by atoms with E-state index in [9.17, 15) is 13.2 Å². The van der Waals surface area contributed by atoms with E-state index < -0.39 is 10.0 Å². The number of carbonyl (C=O) groups is 1. The van der Waals surface area contributed by atoms with Crippen LogP contribution >= 0.6 is 0 Å². The number of benzene rings is 2. The van der Waals surface area contributed by atoms with Crippen LogP contribution in [0.5, 0.6) is 0 Å². The van der Waals surface area contributed by atoms with Crippen molar-refractivity contribution in [3.05, 3.63) is 78.1 Å². The summed E-state index contributed by atoms with van der Waals surface area (Å²) in [5, 5.41) is 2.85. The van der Waals surface area contributed by atoms with Crippen LogP contribution in [0.15, 0.2) is 67.0 Å². The Morgan fingerprint density at radius 2 is 1.74 bits per heavy atom. The van der Waals surface area contributed by atoms with Gasteiger partial charge in [0.1, 0.15) is 0 Å². The predicted octanol–water partition coefficient (Wildman–Crippen LogP) is 3.05. The standard InChI is InChI=1S/C20H19N3O3S/c1-27(25,26)23-13-10-15-4-7-17(14-19(15)23)21-20(24)16-5-8-18(9-6-16)22-11-2-3-12-22/h2-9,11-12,14H,10,13H2,1H3,(H,21,24). The summed E-state index contributed by atoms with van der Waals surface area (Å²) in [6.45, 7) is 0.437. The molecule has 1 aliphatic rings. The largest absolute Gasteiger partial charge is 0.324 e. The van der Waals surface area contributed by atoms with E-state index in [2.05, 4.69) is 5.32 Å². The van der Waals surface area contributed by atoms with Crippen LogP contribution in [0, 0.1) is 0 Å². The molecule has 0 saturated carbocycles. The number of carbonyl (C=O) groups excluding carboxylic acids is 1. The van der Waals surface area contributed by atoms with E-state index in [4.69, 9.17) is 0 Å². The maximum atomic E-state index is 12.5. The van der Waals surface area contributed by atoms with E-state index in [1.165, 1.54) is 10.6 Å². The molecular weight excluding hydrogens is 362 g/mol. The Hall–Kier alpha value is -3.06. The zero-order valence-electron chi connectivity index (χ0n) is 14.8. The molecule has 0 spiro atoms. The lowest BCUT2D eigenvalue weighted by Gasteiger charge is -2.17. The topological polar surface area (TPSA) is 71.4 Å². The van der Waals surface area contributed by atoms with Gasteiger partial charge in [0.15, 0.2) is 0 Å². The van der Waals surface area contributed by atoms with Gasteiger partial charge in [-0.25, -0.2) is 8.42 Å². The lowest BCUT2D eigenvalue weighted by atomic mass is 10.1. The molecule has 0 saturated heterocycles. The van der Waals surface area contributed by atoms with E-state index in [-0.39, 0.29) is 5.91 Å². The first-order valence-corrected chi connectivity index (χ1v) is 10.4. The van der Waals surface area contributed by atoms with Crippen LogP contribution in [0.2, 0.25) is 0 Å². The first kappa shape index (κ1) is 17.4. The fraction of sp³-hybridized carbons (Fsp3) is 0.150. The van der Waals surface area contributed by atoms with Crippen molar-refractivity contribution < 1.29 is 13.2 Å². The molecule has 3 aromatic rings. The number of aromatic nitrogens is 1. The summed E-state index contributed by atoms with van der Waals surface area (Å²) >= 11 is 0. The smallest absolute Gasteiger partial charge is 0.255 e. The molecule has 0 fully saturated rings. The number of hydrogen-bond acceptors (Lipinski definition) is 3. The van der Waals surface area contributed by atoms with Crippen molar-refractivity contribution in [2.75, 3.05) is 22.4 Å². The van der Waals surface area contributed by atoms with Crippen LogP contribution in [0.4, 0.5) is 11.4 Å². The van der Waals surface area contributed by atoms with Gasteiger partial charge in [0.05, 0.1) is 11.9 Å². The van der Waals surface area contributed by atoms with Crippen LogP contribution < -0.4 is 9.62 Å². The van der Waals surface area contributed by atoms with Crippen molar-refractivity contribution >= 4 is 27.3 Å². The summed E-state index contributed by atoms with van der Waals surface area (Å²) in [7, 11) is -3.32. The van der Waals surface area contributed by atoms with E-state index in [0.29, 0.717) is 29.9 Å². The van der Waals surface area contributed by atoms with Crippen LogP contribution in [0.25, 0.3) is 5.69 Å². The minimum atomic E-state index is -3.32. The van der Waals surface area contributed by atoms with Crippen LogP contribution in [-0.2, 0) is 16.4 Å². The molecule has 2 heterocycles. The highest BCUT2D eigenvalue weighted by atomic mass is 32.2. The average molecular weight is 381 g/mol. The van der Waals surface area contributed by atoms with Gasteiger partial charge in [0, 0.05) is 35.9 Å². The summed E-state index contributed by atoms with van der Waals surface area (Å²) in [5.74, 6) is -0.238. The maximum Gasteiger partial charge on any atom is 0.255 e. The molecule has 1 aromatic heterocycles. The van der Waals surface area contributed by atoms with Gasteiger partial charge in [-0.1, -0.05) is 6.07 Å². The number of nitrogens with one attached hydrogen (secondary N) is 1. The number of nitrogens with zero attached hydrogens (tertiary/aromatic N) is 2. The summed E-state index contributed by atoms with van der Waals surface area (Å²) in [4.78, 5) is 12.5. The van der Waals surface area contributed by atoms with Crippen molar-refractivity contribution in [2.24, 2.45) is 0 Å². The molecule has 7 heteroatoms. The van der Waals surface area contributed by atoms with Crippen molar-refractivity contribution in [1.82, 2.24) is 4.57 Å². The third kappa shape index (κ3) is 3.46. The second-order valence-corrected chi connectivity index (χ2v) is 8.43. The fourth-order valence-electron chi connectivity index (χ4n) is 3.27. The van der Waals surface area contributed by atoms with E-state index >= 15 is 0 Å². The van der Waals surface area contributed by atoms with Crippen molar-refractivity contribution in [3.63, 3.8) is 0 Å². The predicted molar refractivity (Wildman–Crippen MR) is 106 cm³/mol. The summed E-state index contributed by atoms with van der Waals surface area (Å²) in [5.41, 5.74) is 3.68. The van der Waals surface area contributed by atoms with Crippen LogP contribution in [-0.4, -0.2) is 31.7 Å². The molecule has 4 rings (SSSR count). The Labute approximate surface area is 158 Å². The van der Waals surface area contributed by atoms with Crippen molar-refractivity contribution in [1.29, 1.82) is 0 Å². The van der Waals surface area contributed by atoms with E-state index in [0.717, 1.165) is 11.3 Å². The van der Waals surface area contributed by atoms with Gasteiger partial charge in [0.25, 0.3) is 5.91 Å². The number of fused-ring (bicyclic) bond motifs is 1. The first-order chi connectivity index (χ1) is 12.9. The molecular formula is C20H19N3O3S. The van der Waals surface area contributed by atoms with Gasteiger partial charge in [-0.05, 0) is 60.5 Å². The number of rotatable bonds is 4. The molecule has 0 atom stereocenters. The van der Waals surface area contributed by atoms with E-state index in [1.54, 1.807) is 24.3 Å². The van der Waals surface area contributed by atoms with Gasteiger partial charge in [-0.3, -0.25) is 9.10 Å². The molecule has 6 nitrogen and oxygen atoms in total. The molecule has 0 aliphatic carbocycles. The number of amides is 1. The molecule has 138 valence electrons. The lowest BCUT2D eigenvalue weighted by Crippen LogP contribution is -2.27. The SMILES string of the molecule is CS(=O)(=O)N1CCc2ccc(NC(=O)c3ccc(-n4cccc4)cc3)cc21. The Morgan fingerprint density at radius 3 is 2.41 bits per heavy atom. The highest BCUT2D eigenvalue weighted by Crippen LogP contribution is 2.32. The van der Waals surface area contributed by atoms with Gasteiger partial charge >= 0.3 is 0 Å². The third-order valence-electron chi connectivity index (χ3n) is 4.63. The highest BCUT2D eigenvalue weighted by molar-refractivity contribution is 7.92. The number of sulfonamides is 1. The van der Waals surface area contributed by atoms with Crippen molar-refractivity contribution in [2.45, 2.75) is 6.42 Å². The second-order valence-electron chi connectivity index (χ2n) is 6.52. The average Bonchev–Trinajstić information content (AvgIpc) is 3.31. The Kier molecular flexibility index (Phi) is 4.24. The molecule has 27 heavy (non-hydrogen) atoms. The Balaban J connectivity index is 1.54. The highest BCUT2D eigenvalue weighted by Gasteiger charge is 2.26. The molecule has 0 radical (unpaired) electrons. The first-order valence-electron chi connectivity index (χ1n) is 8.57. The molecule has 1 aliphatic heterocycles. The van der Waals surface area contributed by atoms with E-state index in [1.807, 2.05) is 47.3 Å². The lowest BCUT2D eigenvalue weighted by molar-refractivity contribution is 0.102. The van der Waals surface area contributed by atoms with Crippen LogP contribution in [0.3, 0.4) is 0 Å². The maximum absolute atomic E-state index is 12.5. The normalized spacial score (nSPS) is 13.4. The van der Waals surface area contributed by atoms with Crippen LogP contribution in [0.1, 0.15) is 15.9 Å². The zero-order chi connectivity index (χ0) is 19.0. The Morgan fingerprint density at radius 1 is 1.04 bits per heavy atom. The fourth-order valence-corrected chi connectivity index (χ4v) is 4.22. The summed E-state index contributed by atoms with van der Waals surface area (Å²) in [6, 6.07) is 16.5. The number of hydrogen-bond donors (Lipinski definition) is 1. The third-order valence-corrected chi connectivity index (χ3v) is 5.81. The van der Waals surface area contributed by atoms with Gasteiger partial charge in [-0.2, -0.15) is 0 Å². The molecule has 1 N–H and O–H groups in total. The zero-order valence-corrected chi connectivity index (χ0v) is 15.6. The molecule has 2 aromatic carbocycles. The van der Waals surface area contributed by atoms with Gasteiger partial charge < -0.3 is 9.88 Å². The van der Waals surface area contributed by atoms with Crippen molar-refractivity contribution in [3.8, 4) is 5.69 Å². The monoisotopic (exact) mass is 381 g/mol. The quantitative estimate of drug-likeness (QED) is 0.755.